The topological polar surface area (TPSA) is 78.9 Å². The summed E-state index contributed by atoms with van der Waals surface area (Å²) >= 11 is 0. The minimum atomic E-state index is -0.798. The van der Waals surface area contributed by atoms with Crippen LogP contribution in [0.3, 0.4) is 0 Å². The molecule has 0 amide bonds. The molecule has 1 heterocycles. The van der Waals surface area contributed by atoms with E-state index in [0.717, 1.165) is 43.9 Å². The number of rotatable bonds is 3. The number of ketones is 1. The highest BCUT2D eigenvalue weighted by atomic mass is 19.1. The predicted molar refractivity (Wildman–Crippen MR) is 118 cm³/mol. The highest BCUT2D eigenvalue weighted by molar-refractivity contribution is 5.82. The van der Waals surface area contributed by atoms with Crippen LogP contribution in [0.4, 0.5) is 4.39 Å². The molecule has 5 rings (SSSR count). The van der Waals surface area contributed by atoms with E-state index < -0.39 is 11.5 Å². The first-order chi connectivity index (χ1) is 15.1. The number of halogens is 1. The summed E-state index contributed by atoms with van der Waals surface area (Å²) in [5.74, 6) is 3.18. The molecule has 4 aliphatic rings. The average molecular weight is 442 g/mol. The molecule has 0 bridgehead atoms. The molecule has 0 unspecified atom stereocenters. The number of aliphatic hydroxyl groups is 1. The Morgan fingerprint density at radius 3 is 2.72 bits per heavy atom. The van der Waals surface area contributed by atoms with Gasteiger partial charge in [0.05, 0.1) is 12.1 Å². The van der Waals surface area contributed by atoms with Crippen molar-refractivity contribution in [2.45, 2.75) is 84.3 Å². The summed E-state index contributed by atoms with van der Waals surface area (Å²) in [7, 11) is 0. The lowest BCUT2D eigenvalue weighted by Gasteiger charge is -2.57. The first kappa shape index (κ1) is 22.1. The summed E-state index contributed by atoms with van der Waals surface area (Å²) in [5, 5.41) is 23.3. The van der Waals surface area contributed by atoms with E-state index in [0.29, 0.717) is 23.7 Å². The van der Waals surface area contributed by atoms with Crippen LogP contribution in [0.2, 0.25) is 0 Å². The molecule has 0 saturated heterocycles. The van der Waals surface area contributed by atoms with Crippen LogP contribution in [0.5, 0.6) is 0 Å². The second-order valence-corrected chi connectivity index (χ2v) is 12.0. The zero-order valence-corrected chi connectivity index (χ0v) is 19.6. The van der Waals surface area contributed by atoms with E-state index in [1.165, 1.54) is 30.1 Å². The van der Waals surface area contributed by atoms with Crippen LogP contribution >= 0.6 is 0 Å². The molecule has 4 fully saturated rings. The number of carbonyl (C=O) groups excluding carboxylic acids is 1. The SMILES string of the molecule is C[C@@H]1C[C@H](C(=O)Cn2cc(C#N)c(F)n2)[C@@]2(C)CC[C@H]3[C@@H](CC[C@@H]4C[C@](C)(O)CC[C@@H]43)[C@H]12. The van der Waals surface area contributed by atoms with Crippen molar-refractivity contribution < 1.29 is 14.3 Å². The van der Waals surface area contributed by atoms with E-state index in [-0.39, 0.29) is 29.2 Å². The number of carbonyl (C=O) groups is 1. The lowest BCUT2D eigenvalue weighted by molar-refractivity contribution is -0.133. The summed E-state index contributed by atoms with van der Waals surface area (Å²) in [5.41, 5.74) is -0.605. The number of hydrogen-bond donors (Lipinski definition) is 1. The van der Waals surface area contributed by atoms with E-state index in [4.69, 9.17) is 5.26 Å². The van der Waals surface area contributed by atoms with Crippen molar-refractivity contribution in [3.8, 4) is 6.07 Å². The van der Waals surface area contributed by atoms with Crippen LogP contribution in [0, 0.1) is 64.1 Å². The lowest BCUT2D eigenvalue weighted by atomic mass is 9.48. The summed E-state index contributed by atoms with van der Waals surface area (Å²) < 4.78 is 15.0. The molecule has 0 radical (unpaired) electrons. The molecule has 32 heavy (non-hydrogen) atoms. The molecule has 6 heteroatoms. The minimum absolute atomic E-state index is 0.00554. The van der Waals surface area contributed by atoms with Gasteiger partial charge in [-0.2, -0.15) is 9.65 Å². The van der Waals surface area contributed by atoms with Crippen LogP contribution in [-0.2, 0) is 11.3 Å². The van der Waals surface area contributed by atoms with E-state index in [1.807, 2.05) is 6.92 Å². The minimum Gasteiger partial charge on any atom is -0.390 e. The Balaban J connectivity index is 1.34. The monoisotopic (exact) mass is 441 g/mol. The van der Waals surface area contributed by atoms with E-state index in [9.17, 15) is 14.3 Å². The number of nitriles is 1. The Labute approximate surface area is 190 Å². The molecular weight excluding hydrogens is 405 g/mol. The molecule has 4 aliphatic carbocycles. The van der Waals surface area contributed by atoms with E-state index >= 15 is 0 Å². The molecule has 4 saturated carbocycles. The lowest BCUT2D eigenvalue weighted by Crippen LogP contribution is -2.51. The van der Waals surface area contributed by atoms with E-state index in [2.05, 4.69) is 18.9 Å². The van der Waals surface area contributed by atoms with Gasteiger partial charge in [0.2, 0.25) is 5.95 Å². The zero-order valence-electron chi connectivity index (χ0n) is 19.6. The van der Waals surface area contributed by atoms with Gasteiger partial charge in [-0.25, -0.2) is 0 Å². The second kappa shape index (κ2) is 7.65. The zero-order chi connectivity index (χ0) is 22.8. The molecule has 1 N–H and O–H groups in total. The molecule has 0 aromatic carbocycles. The predicted octanol–water partition coefficient (Wildman–Crippen LogP) is 4.73. The number of aromatic nitrogens is 2. The van der Waals surface area contributed by atoms with Crippen molar-refractivity contribution in [1.82, 2.24) is 9.78 Å². The van der Waals surface area contributed by atoms with Crippen LogP contribution in [0.1, 0.15) is 77.7 Å². The largest absolute Gasteiger partial charge is 0.390 e. The molecule has 0 spiro atoms. The third kappa shape index (κ3) is 3.43. The highest BCUT2D eigenvalue weighted by Crippen LogP contribution is 2.66. The van der Waals surface area contributed by atoms with Crippen molar-refractivity contribution in [2.75, 3.05) is 0 Å². The Morgan fingerprint density at radius 2 is 2.00 bits per heavy atom. The summed E-state index contributed by atoms with van der Waals surface area (Å²) in [6.45, 7) is 6.72. The fraction of sp³-hybridized carbons (Fsp3) is 0.808. The Bertz CT molecular complexity index is 949. The Morgan fingerprint density at radius 1 is 1.25 bits per heavy atom. The second-order valence-electron chi connectivity index (χ2n) is 12.0. The third-order valence-electron chi connectivity index (χ3n) is 10.1. The number of hydrogen-bond acceptors (Lipinski definition) is 4. The molecular formula is C26H36FN3O2. The number of Topliss-reactive ketones (excluding diaryl/α,β-unsaturated/α-hetero) is 1. The van der Waals surface area contributed by atoms with Crippen LogP contribution in [0.25, 0.3) is 0 Å². The van der Waals surface area contributed by atoms with E-state index in [1.54, 1.807) is 6.07 Å². The Kier molecular flexibility index (Phi) is 5.28. The molecule has 174 valence electrons. The van der Waals surface area contributed by atoms with Gasteiger partial charge in [-0.05, 0) is 99.2 Å². The van der Waals surface area contributed by atoms with Gasteiger partial charge in [-0.15, -0.1) is 5.10 Å². The first-order valence-corrected chi connectivity index (χ1v) is 12.5. The fourth-order valence-electron chi connectivity index (χ4n) is 8.95. The van der Waals surface area contributed by atoms with Gasteiger partial charge < -0.3 is 5.11 Å². The Hall–Kier alpha value is -1.74. The average Bonchev–Trinajstić information content (AvgIpc) is 3.22. The van der Waals surface area contributed by atoms with Crippen molar-refractivity contribution in [3.63, 3.8) is 0 Å². The highest BCUT2D eigenvalue weighted by Gasteiger charge is 2.61. The van der Waals surface area contributed by atoms with Gasteiger partial charge in [0.25, 0.3) is 0 Å². The maximum Gasteiger partial charge on any atom is 0.250 e. The van der Waals surface area contributed by atoms with Crippen molar-refractivity contribution in [2.24, 2.45) is 46.8 Å². The van der Waals surface area contributed by atoms with Gasteiger partial charge in [0.1, 0.15) is 11.6 Å². The molecule has 1 aromatic rings. The molecule has 0 aliphatic heterocycles. The van der Waals surface area contributed by atoms with Gasteiger partial charge in [0.15, 0.2) is 5.78 Å². The maximum absolute atomic E-state index is 13.7. The van der Waals surface area contributed by atoms with Gasteiger partial charge in [0, 0.05) is 12.1 Å². The molecule has 5 nitrogen and oxygen atoms in total. The molecule has 1 aromatic heterocycles. The fourth-order valence-corrected chi connectivity index (χ4v) is 8.95. The van der Waals surface area contributed by atoms with Crippen molar-refractivity contribution >= 4 is 5.78 Å². The molecule has 9 atom stereocenters. The smallest absolute Gasteiger partial charge is 0.250 e. The summed E-state index contributed by atoms with van der Waals surface area (Å²) in [6, 6.07) is 1.79. The van der Waals surface area contributed by atoms with Crippen LogP contribution < -0.4 is 0 Å². The first-order valence-electron chi connectivity index (χ1n) is 12.5. The maximum atomic E-state index is 13.7. The standard InChI is InChI=1S/C26H36FN3O2/c1-15-10-21(22(31)14-30-13-17(12-28)24(27)29-30)26(3)9-7-19-18-6-8-25(2,32)11-16(18)4-5-20(19)23(15)26/h13,15-16,18-21,23,32H,4-11,14H2,1-3H3/t15-,16-,18+,19-,20-,21-,23+,25-,26-/m1/s1. The van der Waals surface area contributed by atoms with Gasteiger partial charge in [-0.3, -0.25) is 9.48 Å². The van der Waals surface area contributed by atoms with Gasteiger partial charge >= 0.3 is 0 Å². The quantitative estimate of drug-likeness (QED) is 0.736. The normalized spacial score (nSPS) is 45.4. The van der Waals surface area contributed by atoms with Crippen LogP contribution in [0.15, 0.2) is 6.20 Å². The van der Waals surface area contributed by atoms with Crippen LogP contribution in [-0.4, -0.2) is 26.3 Å². The van der Waals surface area contributed by atoms with Gasteiger partial charge in [-0.1, -0.05) is 13.8 Å². The summed E-state index contributed by atoms with van der Waals surface area (Å²) in [6.07, 6.45) is 9.97. The van der Waals surface area contributed by atoms with Crippen molar-refractivity contribution in [1.29, 1.82) is 5.26 Å². The number of fused-ring (bicyclic) bond motifs is 5. The number of nitrogens with zero attached hydrogens (tertiary/aromatic N) is 3. The summed E-state index contributed by atoms with van der Waals surface area (Å²) in [4.78, 5) is 13.4. The van der Waals surface area contributed by atoms with Crippen molar-refractivity contribution in [3.05, 3.63) is 17.7 Å². The third-order valence-corrected chi connectivity index (χ3v) is 10.1.